The number of nitrogens with two attached hydrogens (primary N) is 1. The first kappa shape index (κ1) is 11.7. The first-order chi connectivity index (χ1) is 8.00. The molecule has 0 aliphatic heterocycles. The van der Waals surface area contributed by atoms with Crippen molar-refractivity contribution in [2.24, 2.45) is 0 Å². The van der Waals surface area contributed by atoms with Gasteiger partial charge in [0.2, 0.25) is 0 Å². The third-order valence-corrected chi connectivity index (χ3v) is 3.23. The molecule has 0 radical (unpaired) electrons. The van der Waals surface area contributed by atoms with Crippen molar-refractivity contribution in [3.8, 4) is 11.1 Å². The van der Waals surface area contributed by atoms with E-state index in [0.29, 0.717) is 0 Å². The van der Waals surface area contributed by atoms with Crippen molar-refractivity contribution in [2.75, 3.05) is 5.73 Å². The molecule has 17 heavy (non-hydrogen) atoms. The Hall–Kier alpha value is -1.76. The first-order valence-electron chi connectivity index (χ1n) is 5.94. The number of hydrogen-bond acceptors (Lipinski definition) is 1. The van der Waals surface area contributed by atoms with Crippen LogP contribution < -0.4 is 5.73 Å². The number of rotatable bonds is 1. The Kier molecular flexibility index (Phi) is 2.93. The maximum Gasteiger partial charge on any atom is 0.0396 e. The summed E-state index contributed by atoms with van der Waals surface area (Å²) in [6.45, 7) is 8.55. The molecule has 1 nitrogen and oxygen atoms in total. The van der Waals surface area contributed by atoms with Crippen molar-refractivity contribution in [1.29, 1.82) is 0 Å². The van der Waals surface area contributed by atoms with E-state index in [-0.39, 0.29) is 0 Å². The van der Waals surface area contributed by atoms with Gasteiger partial charge in [-0.25, -0.2) is 0 Å². The van der Waals surface area contributed by atoms with E-state index in [1.165, 1.54) is 33.4 Å². The maximum absolute atomic E-state index is 6.13. The van der Waals surface area contributed by atoms with Crippen LogP contribution in [0.15, 0.2) is 30.3 Å². The third-order valence-electron chi connectivity index (χ3n) is 3.23. The number of hydrogen-bond donors (Lipinski definition) is 1. The zero-order valence-corrected chi connectivity index (χ0v) is 11.0. The molecule has 0 aromatic heterocycles. The minimum Gasteiger partial charge on any atom is -0.398 e. The van der Waals surface area contributed by atoms with Gasteiger partial charge in [-0.05, 0) is 56.0 Å². The molecule has 2 aromatic rings. The highest BCUT2D eigenvalue weighted by Gasteiger charge is 2.11. The molecule has 0 heterocycles. The van der Waals surface area contributed by atoms with E-state index in [2.05, 4.69) is 45.9 Å². The van der Waals surface area contributed by atoms with Crippen LogP contribution in [-0.2, 0) is 0 Å². The summed E-state index contributed by atoms with van der Waals surface area (Å²) in [5.41, 5.74) is 14.6. The predicted octanol–water partition coefficient (Wildman–Crippen LogP) is 4.17. The van der Waals surface area contributed by atoms with Gasteiger partial charge in [0.1, 0.15) is 0 Å². The van der Waals surface area contributed by atoms with Gasteiger partial charge in [-0.2, -0.15) is 0 Å². The first-order valence-corrected chi connectivity index (χ1v) is 5.94. The van der Waals surface area contributed by atoms with E-state index in [1.807, 2.05) is 12.1 Å². The largest absolute Gasteiger partial charge is 0.398 e. The van der Waals surface area contributed by atoms with Gasteiger partial charge in [0.15, 0.2) is 0 Å². The third kappa shape index (κ3) is 2.05. The fourth-order valence-electron chi connectivity index (χ4n) is 2.61. The molecular formula is C16H19N. The molecule has 1 heteroatoms. The Labute approximate surface area is 103 Å². The van der Waals surface area contributed by atoms with E-state index >= 15 is 0 Å². The summed E-state index contributed by atoms with van der Waals surface area (Å²) in [6, 6.07) is 10.5. The predicted molar refractivity (Wildman–Crippen MR) is 75.2 cm³/mol. The Morgan fingerprint density at radius 2 is 1.35 bits per heavy atom. The van der Waals surface area contributed by atoms with Gasteiger partial charge < -0.3 is 5.73 Å². The minimum atomic E-state index is 0.861. The molecule has 0 atom stereocenters. The van der Waals surface area contributed by atoms with Crippen LogP contribution in [0, 0.1) is 27.7 Å². The van der Waals surface area contributed by atoms with Crippen LogP contribution in [0.1, 0.15) is 22.3 Å². The van der Waals surface area contributed by atoms with Gasteiger partial charge in [-0.15, -0.1) is 0 Å². The molecule has 0 aliphatic rings. The van der Waals surface area contributed by atoms with E-state index in [4.69, 9.17) is 5.73 Å². The Balaban J connectivity index is 2.77. The lowest BCUT2D eigenvalue weighted by Gasteiger charge is -2.16. The lowest BCUT2D eigenvalue weighted by atomic mass is 9.90. The summed E-state index contributed by atoms with van der Waals surface area (Å²) in [5, 5.41) is 0. The molecular weight excluding hydrogens is 206 g/mol. The molecule has 0 aliphatic carbocycles. The molecule has 2 aromatic carbocycles. The highest BCUT2D eigenvalue weighted by Crippen LogP contribution is 2.34. The Morgan fingerprint density at radius 3 is 1.88 bits per heavy atom. The molecule has 0 amide bonds. The second kappa shape index (κ2) is 4.25. The van der Waals surface area contributed by atoms with Crippen LogP contribution >= 0.6 is 0 Å². The fourth-order valence-corrected chi connectivity index (χ4v) is 2.61. The highest BCUT2D eigenvalue weighted by atomic mass is 14.6. The summed E-state index contributed by atoms with van der Waals surface area (Å²) < 4.78 is 0. The maximum atomic E-state index is 6.13. The fraction of sp³-hybridized carbons (Fsp3) is 0.250. The van der Waals surface area contributed by atoms with E-state index in [1.54, 1.807) is 0 Å². The Morgan fingerprint density at radius 1 is 0.765 bits per heavy atom. The summed E-state index contributed by atoms with van der Waals surface area (Å²) in [7, 11) is 0. The van der Waals surface area contributed by atoms with Crippen LogP contribution in [0.4, 0.5) is 5.69 Å². The quantitative estimate of drug-likeness (QED) is 0.724. The van der Waals surface area contributed by atoms with Crippen LogP contribution in [0.25, 0.3) is 11.1 Å². The molecule has 0 saturated carbocycles. The molecule has 0 bridgehead atoms. The van der Waals surface area contributed by atoms with Gasteiger partial charge in [-0.1, -0.05) is 29.8 Å². The second-order valence-electron chi connectivity index (χ2n) is 4.81. The molecule has 0 saturated heterocycles. The number of nitrogen functional groups attached to an aromatic ring is 1. The minimum absolute atomic E-state index is 0.861. The van der Waals surface area contributed by atoms with Crippen molar-refractivity contribution < 1.29 is 0 Å². The van der Waals surface area contributed by atoms with E-state index < -0.39 is 0 Å². The molecule has 0 spiro atoms. The SMILES string of the molecule is Cc1cc(C)c(-c2c(C)cccc2N)c(C)c1. The molecule has 0 unspecified atom stereocenters. The lowest BCUT2D eigenvalue weighted by Crippen LogP contribution is -1.97. The topological polar surface area (TPSA) is 26.0 Å². The van der Waals surface area contributed by atoms with Crippen LogP contribution in [0.3, 0.4) is 0 Å². The van der Waals surface area contributed by atoms with Crippen molar-refractivity contribution in [3.05, 3.63) is 52.6 Å². The summed E-state index contributed by atoms with van der Waals surface area (Å²) in [5.74, 6) is 0. The van der Waals surface area contributed by atoms with Crippen LogP contribution in [0.2, 0.25) is 0 Å². The molecule has 88 valence electrons. The molecule has 2 N–H and O–H groups in total. The average molecular weight is 225 g/mol. The number of benzene rings is 2. The summed E-state index contributed by atoms with van der Waals surface area (Å²) >= 11 is 0. The van der Waals surface area contributed by atoms with Crippen LogP contribution in [-0.4, -0.2) is 0 Å². The summed E-state index contributed by atoms with van der Waals surface area (Å²) in [6.07, 6.45) is 0. The number of aryl methyl sites for hydroxylation is 4. The molecule has 2 rings (SSSR count). The monoisotopic (exact) mass is 225 g/mol. The van der Waals surface area contributed by atoms with E-state index in [9.17, 15) is 0 Å². The van der Waals surface area contributed by atoms with Crippen molar-refractivity contribution >= 4 is 5.69 Å². The van der Waals surface area contributed by atoms with Gasteiger partial charge in [-0.3, -0.25) is 0 Å². The van der Waals surface area contributed by atoms with Crippen molar-refractivity contribution in [1.82, 2.24) is 0 Å². The van der Waals surface area contributed by atoms with Gasteiger partial charge >= 0.3 is 0 Å². The van der Waals surface area contributed by atoms with Crippen LogP contribution in [0.5, 0.6) is 0 Å². The van der Waals surface area contributed by atoms with Gasteiger partial charge in [0, 0.05) is 11.3 Å². The Bertz CT molecular complexity index is 524. The highest BCUT2D eigenvalue weighted by molar-refractivity contribution is 5.83. The van der Waals surface area contributed by atoms with E-state index in [0.717, 1.165) is 5.69 Å². The van der Waals surface area contributed by atoms with Crippen molar-refractivity contribution in [3.63, 3.8) is 0 Å². The lowest BCUT2D eigenvalue weighted by molar-refractivity contribution is 1.31. The smallest absolute Gasteiger partial charge is 0.0396 e. The zero-order valence-electron chi connectivity index (χ0n) is 11.0. The normalized spacial score (nSPS) is 10.6. The van der Waals surface area contributed by atoms with Crippen molar-refractivity contribution in [2.45, 2.75) is 27.7 Å². The van der Waals surface area contributed by atoms with Gasteiger partial charge in [0.05, 0.1) is 0 Å². The summed E-state index contributed by atoms with van der Waals surface area (Å²) in [4.78, 5) is 0. The zero-order chi connectivity index (χ0) is 12.6. The molecule has 0 fully saturated rings. The average Bonchev–Trinajstić information content (AvgIpc) is 2.21. The standard InChI is InChI=1S/C16H19N/c1-10-8-12(3)15(13(4)9-10)16-11(2)6-5-7-14(16)17/h5-9H,17H2,1-4H3. The van der Waals surface area contributed by atoms with Gasteiger partial charge in [0.25, 0.3) is 0 Å². The number of anilines is 1. The second-order valence-corrected chi connectivity index (χ2v) is 4.81.